The maximum atomic E-state index is 14.5. The fourth-order valence-electron chi connectivity index (χ4n) is 2.75. The summed E-state index contributed by atoms with van der Waals surface area (Å²) in [6.07, 6.45) is 3.69. The van der Waals surface area contributed by atoms with E-state index in [2.05, 4.69) is 36.0 Å². The molecule has 10 heteroatoms. The number of nitrogens with zero attached hydrogens (tertiary/aromatic N) is 5. The molecule has 1 aromatic carbocycles. The third-order valence-electron chi connectivity index (χ3n) is 4.17. The van der Waals surface area contributed by atoms with Gasteiger partial charge in [-0.15, -0.1) is 0 Å². The molecule has 0 aliphatic heterocycles. The van der Waals surface area contributed by atoms with Crippen LogP contribution in [0.2, 0.25) is 0 Å². The summed E-state index contributed by atoms with van der Waals surface area (Å²) in [5.41, 5.74) is -2.32. The molecule has 2 heterocycles. The zero-order valence-electron chi connectivity index (χ0n) is 13.4. The van der Waals surface area contributed by atoms with Gasteiger partial charge in [0.1, 0.15) is 40.8 Å². The van der Waals surface area contributed by atoms with Gasteiger partial charge in [-0.05, 0) is 22.0 Å². The Balaban J connectivity index is 2.15. The van der Waals surface area contributed by atoms with Crippen LogP contribution in [0.15, 0.2) is 41.8 Å². The average Bonchev–Trinajstić information content (AvgIpc) is 3.09. The molecule has 136 valence electrons. The number of halogens is 4. The number of rotatable bonds is 5. The minimum atomic E-state index is -1.99. The van der Waals surface area contributed by atoms with Crippen molar-refractivity contribution in [2.24, 2.45) is 0 Å². The Kier molecular flexibility index (Phi) is 5.05. The van der Waals surface area contributed by atoms with Crippen molar-refractivity contribution in [2.45, 2.75) is 25.0 Å². The summed E-state index contributed by atoms with van der Waals surface area (Å²) in [7, 11) is 0. The third-order valence-corrected chi connectivity index (χ3v) is 4.72. The number of hydrogen-bond donors (Lipinski definition) is 1. The fraction of sp³-hybridized carbons (Fsp3) is 0.250. The van der Waals surface area contributed by atoms with Gasteiger partial charge in [0.25, 0.3) is 0 Å². The molecular weight excluding hydrogens is 415 g/mol. The van der Waals surface area contributed by atoms with Gasteiger partial charge in [0.2, 0.25) is 0 Å². The molecule has 2 atom stereocenters. The Labute approximate surface area is 154 Å². The molecule has 0 bridgehead atoms. The molecule has 0 amide bonds. The molecule has 0 saturated carbocycles. The molecule has 26 heavy (non-hydrogen) atoms. The summed E-state index contributed by atoms with van der Waals surface area (Å²) >= 11 is 2.96. The Morgan fingerprint density at radius 2 is 2.00 bits per heavy atom. The van der Waals surface area contributed by atoms with Crippen LogP contribution < -0.4 is 0 Å². The first kappa shape index (κ1) is 18.5. The summed E-state index contributed by atoms with van der Waals surface area (Å²) in [6.45, 7) is 1.23. The van der Waals surface area contributed by atoms with Gasteiger partial charge in [-0.1, -0.05) is 13.0 Å². The van der Waals surface area contributed by atoms with Crippen LogP contribution in [-0.4, -0.2) is 29.8 Å². The summed E-state index contributed by atoms with van der Waals surface area (Å²) in [5, 5.41) is 15.3. The summed E-state index contributed by atoms with van der Waals surface area (Å²) in [5.74, 6) is -3.56. The van der Waals surface area contributed by atoms with Crippen LogP contribution in [0.25, 0.3) is 0 Å². The van der Waals surface area contributed by atoms with Crippen molar-refractivity contribution in [3.63, 3.8) is 0 Å². The van der Waals surface area contributed by atoms with Crippen molar-refractivity contribution in [1.82, 2.24) is 24.7 Å². The molecule has 0 aliphatic rings. The lowest BCUT2D eigenvalue weighted by Gasteiger charge is -2.34. The molecule has 0 fully saturated rings. The van der Waals surface area contributed by atoms with Crippen LogP contribution in [0.1, 0.15) is 24.1 Å². The Morgan fingerprint density at radius 3 is 2.65 bits per heavy atom. The van der Waals surface area contributed by atoms with E-state index in [1.165, 1.54) is 24.3 Å². The standard InChI is InChI=1S/C16H13BrF3N5O/c1-9(14-13(20)15(17)23-7-22-14)16(26,5-25-8-21-6-24-25)11-3-2-10(18)4-12(11)19/h2-4,6-9,26H,5H2,1H3/t9-,16+/m0/s1. The molecule has 0 aliphatic carbocycles. The van der Waals surface area contributed by atoms with Gasteiger partial charge in [0, 0.05) is 17.5 Å². The first-order chi connectivity index (χ1) is 12.3. The van der Waals surface area contributed by atoms with E-state index in [-0.39, 0.29) is 22.4 Å². The maximum absolute atomic E-state index is 14.5. The second-order valence-electron chi connectivity index (χ2n) is 5.73. The normalized spacial score (nSPS) is 14.8. The third kappa shape index (κ3) is 3.34. The number of aliphatic hydroxyl groups is 1. The van der Waals surface area contributed by atoms with E-state index in [1.54, 1.807) is 0 Å². The average molecular weight is 428 g/mol. The summed E-state index contributed by atoms with van der Waals surface area (Å²) in [4.78, 5) is 11.3. The van der Waals surface area contributed by atoms with Gasteiger partial charge in [-0.25, -0.2) is 32.8 Å². The van der Waals surface area contributed by atoms with Crippen LogP contribution in [-0.2, 0) is 12.1 Å². The molecule has 0 saturated heterocycles. The molecule has 3 rings (SSSR count). The van der Waals surface area contributed by atoms with Crippen LogP contribution in [0.5, 0.6) is 0 Å². The van der Waals surface area contributed by atoms with E-state index in [4.69, 9.17) is 0 Å². The van der Waals surface area contributed by atoms with Gasteiger partial charge in [0.15, 0.2) is 5.82 Å². The number of hydrogen-bond acceptors (Lipinski definition) is 5. The summed E-state index contributed by atoms with van der Waals surface area (Å²) in [6, 6.07) is 2.79. The Bertz CT molecular complexity index is 924. The minimum absolute atomic E-state index is 0.0861. The van der Waals surface area contributed by atoms with E-state index in [0.717, 1.165) is 18.5 Å². The zero-order chi connectivity index (χ0) is 18.9. The van der Waals surface area contributed by atoms with Crippen LogP contribution in [0.3, 0.4) is 0 Å². The van der Waals surface area contributed by atoms with Gasteiger partial charge in [-0.3, -0.25) is 0 Å². The molecule has 3 aromatic rings. The molecule has 0 radical (unpaired) electrons. The zero-order valence-corrected chi connectivity index (χ0v) is 15.0. The summed E-state index contributed by atoms with van der Waals surface area (Å²) < 4.78 is 43.4. The van der Waals surface area contributed by atoms with Crippen molar-refractivity contribution in [1.29, 1.82) is 0 Å². The highest BCUT2D eigenvalue weighted by molar-refractivity contribution is 9.10. The lowest BCUT2D eigenvalue weighted by atomic mass is 9.79. The molecule has 1 N–H and O–H groups in total. The smallest absolute Gasteiger partial charge is 0.177 e. The monoisotopic (exact) mass is 427 g/mol. The van der Waals surface area contributed by atoms with E-state index in [9.17, 15) is 18.3 Å². The number of benzene rings is 1. The highest BCUT2D eigenvalue weighted by atomic mass is 79.9. The van der Waals surface area contributed by atoms with Gasteiger partial charge in [0.05, 0.1) is 12.2 Å². The first-order valence-corrected chi connectivity index (χ1v) is 8.28. The van der Waals surface area contributed by atoms with Crippen molar-refractivity contribution in [3.05, 3.63) is 70.5 Å². The van der Waals surface area contributed by atoms with E-state index < -0.39 is 29.0 Å². The van der Waals surface area contributed by atoms with Crippen molar-refractivity contribution < 1.29 is 18.3 Å². The minimum Gasteiger partial charge on any atom is -0.382 e. The highest BCUT2D eigenvalue weighted by Crippen LogP contribution is 2.40. The predicted octanol–water partition coefficient (Wildman–Crippen LogP) is 2.94. The van der Waals surface area contributed by atoms with E-state index in [0.29, 0.717) is 6.07 Å². The van der Waals surface area contributed by atoms with Gasteiger partial charge in [-0.2, -0.15) is 5.10 Å². The molecule has 2 aromatic heterocycles. The van der Waals surface area contributed by atoms with Crippen LogP contribution >= 0.6 is 15.9 Å². The largest absolute Gasteiger partial charge is 0.382 e. The molecule has 0 spiro atoms. The Morgan fingerprint density at radius 1 is 1.23 bits per heavy atom. The predicted molar refractivity (Wildman–Crippen MR) is 88.4 cm³/mol. The first-order valence-electron chi connectivity index (χ1n) is 7.49. The van der Waals surface area contributed by atoms with E-state index in [1.807, 2.05) is 0 Å². The molecule has 0 unspecified atom stereocenters. The second-order valence-corrected chi connectivity index (χ2v) is 6.48. The van der Waals surface area contributed by atoms with Crippen molar-refractivity contribution in [2.75, 3.05) is 0 Å². The van der Waals surface area contributed by atoms with Crippen LogP contribution in [0.4, 0.5) is 13.2 Å². The van der Waals surface area contributed by atoms with Gasteiger partial charge >= 0.3 is 0 Å². The molecule has 6 nitrogen and oxygen atoms in total. The SMILES string of the molecule is C[C@@H](c1ncnc(Br)c1F)[C@](O)(Cn1cncn1)c1ccc(F)cc1F. The van der Waals surface area contributed by atoms with Crippen LogP contribution in [0, 0.1) is 17.5 Å². The second kappa shape index (κ2) is 7.12. The Hall–Kier alpha value is -2.33. The maximum Gasteiger partial charge on any atom is 0.177 e. The van der Waals surface area contributed by atoms with E-state index >= 15 is 0 Å². The van der Waals surface area contributed by atoms with Crippen molar-refractivity contribution >= 4 is 15.9 Å². The lowest BCUT2D eigenvalue weighted by molar-refractivity contribution is -0.0134. The highest BCUT2D eigenvalue weighted by Gasteiger charge is 2.42. The topological polar surface area (TPSA) is 76.7 Å². The molecular formula is C16H13BrF3N5O. The quantitative estimate of drug-likeness (QED) is 0.633. The van der Waals surface area contributed by atoms with Crippen molar-refractivity contribution in [3.8, 4) is 0 Å². The number of aromatic nitrogens is 5. The lowest BCUT2D eigenvalue weighted by Crippen LogP contribution is -2.39. The van der Waals surface area contributed by atoms with Gasteiger partial charge < -0.3 is 5.11 Å². The fourth-order valence-corrected chi connectivity index (χ4v) is 3.04.